The number of benzene rings is 1. The Bertz CT molecular complexity index is 991. The van der Waals surface area contributed by atoms with Crippen LogP contribution < -0.4 is 5.32 Å². The molecule has 1 atom stereocenters. The number of hydrogen-bond acceptors (Lipinski definition) is 5. The molecule has 3 rings (SSSR count). The highest BCUT2D eigenvalue weighted by molar-refractivity contribution is 7.99. The van der Waals surface area contributed by atoms with E-state index in [1.54, 1.807) is 6.07 Å². The summed E-state index contributed by atoms with van der Waals surface area (Å²) in [5, 5.41) is 6.77. The van der Waals surface area contributed by atoms with E-state index in [0.29, 0.717) is 17.2 Å². The molecule has 1 N–H and O–H groups in total. The number of amides is 1. The van der Waals surface area contributed by atoms with Gasteiger partial charge in [-0.25, -0.2) is 0 Å². The Morgan fingerprint density at radius 1 is 1.29 bits per heavy atom. The zero-order valence-corrected chi connectivity index (χ0v) is 19.8. The minimum absolute atomic E-state index is 0.0782. The van der Waals surface area contributed by atoms with Crippen molar-refractivity contribution in [2.75, 3.05) is 11.5 Å². The average molecular weight is 511 g/mol. The van der Waals surface area contributed by atoms with Crippen LogP contribution in [0.3, 0.4) is 0 Å². The zero-order chi connectivity index (χ0) is 22.8. The fraction of sp³-hybridized carbons (Fsp3) is 0.400. The van der Waals surface area contributed by atoms with E-state index in [1.165, 1.54) is 41.3 Å². The Balaban J connectivity index is 1.82. The van der Waals surface area contributed by atoms with E-state index < -0.39 is 18.2 Å². The molecule has 168 valence electrons. The first-order chi connectivity index (χ1) is 14.6. The molecule has 0 bridgehead atoms. The number of thiophene rings is 1. The molecule has 2 heterocycles. The quantitative estimate of drug-likeness (QED) is 0.474. The molecule has 1 aliphatic rings. The number of oxime groups is 1. The molecule has 11 heteroatoms. The number of carbonyl (C=O) groups is 1. The van der Waals surface area contributed by atoms with Crippen molar-refractivity contribution >= 4 is 57.9 Å². The monoisotopic (exact) mass is 510 g/mol. The van der Waals surface area contributed by atoms with Crippen LogP contribution in [-0.2, 0) is 21.8 Å². The highest BCUT2D eigenvalue weighted by Gasteiger charge is 2.62. The Morgan fingerprint density at radius 2 is 1.97 bits per heavy atom. The van der Waals surface area contributed by atoms with Gasteiger partial charge in [0.15, 0.2) is 0 Å². The number of alkyl halides is 3. The van der Waals surface area contributed by atoms with Crippen molar-refractivity contribution in [3.05, 3.63) is 55.2 Å². The molecule has 0 spiro atoms. The molecule has 0 fully saturated rings. The maximum atomic E-state index is 14.1. The molecule has 1 unspecified atom stereocenters. The highest BCUT2D eigenvalue weighted by atomic mass is 35.5. The maximum Gasteiger partial charge on any atom is 0.435 e. The summed E-state index contributed by atoms with van der Waals surface area (Å²) in [6, 6.07) is 5.49. The number of aryl methyl sites for hydroxylation is 1. The maximum absolute atomic E-state index is 14.1. The summed E-state index contributed by atoms with van der Waals surface area (Å²) in [5.74, 6) is 1.12. The normalized spacial score (nSPS) is 18.6. The topological polar surface area (TPSA) is 50.7 Å². The third-order valence-electron chi connectivity index (χ3n) is 4.70. The van der Waals surface area contributed by atoms with E-state index in [-0.39, 0.29) is 27.2 Å². The number of rotatable bonds is 7. The van der Waals surface area contributed by atoms with Gasteiger partial charge in [0.05, 0.1) is 23.6 Å². The van der Waals surface area contributed by atoms with E-state index in [2.05, 4.69) is 10.5 Å². The Kier molecular flexibility index (Phi) is 7.50. The summed E-state index contributed by atoms with van der Waals surface area (Å²) < 4.78 is 42.4. The van der Waals surface area contributed by atoms with E-state index >= 15 is 0 Å². The molecule has 31 heavy (non-hydrogen) atoms. The minimum atomic E-state index is -4.74. The van der Waals surface area contributed by atoms with Gasteiger partial charge in [-0.05, 0) is 42.5 Å². The van der Waals surface area contributed by atoms with Crippen molar-refractivity contribution in [1.29, 1.82) is 0 Å². The smallest absolute Gasteiger partial charge is 0.374 e. The Morgan fingerprint density at radius 3 is 2.58 bits per heavy atom. The summed E-state index contributed by atoms with van der Waals surface area (Å²) in [6.45, 7) is 4.12. The largest absolute Gasteiger partial charge is 0.435 e. The second kappa shape index (κ2) is 9.60. The molecular weight excluding hydrogens is 492 g/mol. The lowest BCUT2D eigenvalue weighted by atomic mass is 9.88. The average Bonchev–Trinajstić information content (AvgIpc) is 3.28. The van der Waals surface area contributed by atoms with Crippen LogP contribution in [0.25, 0.3) is 0 Å². The van der Waals surface area contributed by atoms with Crippen molar-refractivity contribution in [2.24, 2.45) is 5.16 Å². The molecule has 0 saturated carbocycles. The second-order valence-corrected chi connectivity index (χ2v) is 10.2. The fourth-order valence-corrected chi connectivity index (χ4v) is 5.20. The number of halogens is 5. The predicted molar refractivity (Wildman–Crippen MR) is 120 cm³/mol. The van der Waals surface area contributed by atoms with Gasteiger partial charge >= 0.3 is 6.18 Å². The number of nitrogens with zero attached hydrogens (tertiary/aromatic N) is 1. The van der Waals surface area contributed by atoms with Gasteiger partial charge in [0.1, 0.15) is 5.71 Å². The molecule has 4 nitrogen and oxygen atoms in total. The SMILES string of the molecule is CCSCC(=O)NCc1sc(C2=NOC(c3cc(Cl)cc(Cl)c3)(C(F)(F)F)C2)cc1C. The summed E-state index contributed by atoms with van der Waals surface area (Å²) in [4.78, 5) is 18.3. The minimum Gasteiger partial charge on any atom is -0.374 e. The predicted octanol–water partition coefficient (Wildman–Crippen LogP) is 6.31. The van der Waals surface area contributed by atoms with E-state index in [4.69, 9.17) is 28.0 Å². The lowest BCUT2D eigenvalue weighted by Crippen LogP contribution is -2.42. The lowest BCUT2D eigenvalue weighted by Gasteiger charge is -2.29. The molecule has 1 aromatic heterocycles. The summed E-state index contributed by atoms with van der Waals surface area (Å²) in [7, 11) is 0. The van der Waals surface area contributed by atoms with Crippen LogP contribution in [0.5, 0.6) is 0 Å². The van der Waals surface area contributed by atoms with Crippen LogP contribution in [0.15, 0.2) is 29.4 Å². The van der Waals surface area contributed by atoms with Crippen LogP contribution in [0.4, 0.5) is 13.2 Å². The number of hydrogen-bond donors (Lipinski definition) is 1. The van der Waals surface area contributed by atoms with Crippen LogP contribution in [0.2, 0.25) is 10.0 Å². The second-order valence-electron chi connectivity index (χ2n) is 6.92. The molecule has 0 saturated heterocycles. The van der Waals surface area contributed by atoms with Crippen molar-refractivity contribution in [3.8, 4) is 0 Å². The van der Waals surface area contributed by atoms with Crippen molar-refractivity contribution in [3.63, 3.8) is 0 Å². The van der Waals surface area contributed by atoms with Gasteiger partial charge in [-0.1, -0.05) is 35.3 Å². The summed E-state index contributed by atoms with van der Waals surface area (Å²) >= 11 is 14.7. The van der Waals surface area contributed by atoms with Gasteiger partial charge in [0.2, 0.25) is 5.91 Å². The van der Waals surface area contributed by atoms with Gasteiger partial charge in [-0.15, -0.1) is 11.3 Å². The van der Waals surface area contributed by atoms with E-state index in [1.807, 2.05) is 13.8 Å². The molecular formula is C20H19Cl2F3N2O2S2. The Labute approximate surface area is 196 Å². The molecule has 1 aromatic carbocycles. The van der Waals surface area contributed by atoms with Gasteiger partial charge in [0.25, 0.3) is 5.60 Å². The van der Waals surface area contributed by atoms with Crippen molar-refractivity contribution in [2.45, 2.75) is 38.6 Å². The van der Waals surface area contributed by atoms with Crippen molar-refractivity contribution < 1.29 is 22.8 Å². The standard InChI is InChI=1S/C20H19Cl2F3N2O2S2/c1-3-30-10-18(28)26-9-17-11(2)4-16(31-17)15-8-19(29-27-15,20(23,24)25)12-5-13(21)7-14(22)6-12/h4-7H,3,8-10H2,1-2H3,(H,26,28). The van der Waals surface area contributed by atoms with Gasteiger partial charge in [-0.2, -0.15) is 24.9 Å². The van der Waals surface area contributed by atoms with Gasteiger partial charge in [-0.3, -0.25) is 4.79 Å². The fourth-order valence-electron chi connectivity index (χ4n) is 3.09. The molecule has 0 aliphatic carbocycles. The van der Waals surface area contributed by atoms with Crippen LogP contribution in [0.1, 0.15) is 34.2 Å². The highest BCUT2D eigenvalue weighted by Crippen LogP contribution is 2.50. The first-order valence-electron chi connectivity index (χ1n) is 9.28. The molecule has 1 aliphatic heterocycles. The lowest BCUT2D eigenvalue weighted by molar-refractivity contribution is -0.275. The number of carbonyl (C=O) groups excluding carboxylic acids is 1. The third kappa shape index (κ3) is 5.32. The zero-order valence-electron chi connectivity index (χ0n) is 16.6. The van der Waals surface area contributed by atoms with Crippen LogP contribution in [-0.4, -0.2) is 29.3 Å². The van der Waals surface area contributed by atoms with E-state index in [0.717, 1.165) is 16.2 Å². The number of nitrogens with one attached hydrogen (secondary N) is 1. The van der Waals surface area contributed by atoms with Gasteiger partial charge in [0, 0.05) is 20.5 Å². The molecule has 2 aromatic rings. The number of thioether (sulfide) groups is 1. The van der Waals surface area contributed by atoms with Crippen molar-refractivity contribution in [1.82, 2.24) is 5.32 Å². The summed E-state index contributed by atoms with van der Waals surface area (Å²) in [5.41, 5.74) is -1.83. The first kappa shape index (κ1) is 24.2. The van der Waals surface area contributed by atoms with E-state index in [9.17, 15) is 18.0 Å². The van der Waals surface area contributed by atoms with Gasteiger partial charge < -0.3 is 10.2 Å². The van der Waals surface area contributed by atoms with Crippen LogP contribution >= 0.6 is 46.3 Å². The molecule has 0 radical (unpaired) electrons. The first-order valence-corrected chi connectivity index (χ1v) is 12.0. The summed E-state index contributed by atoms with van der Waals surface area (Å²) in [6.07, 6.45) is -5.25. The Hall–Kier alpha value is -1.42. The van der Waals surface area contributed by atoms with Crippen LogP contribution in [0, 0.1) is 6.92 Å². The molecule has 1 amide bonds. The third-order valence-corrected chi connectivity index (χ3v) is 7.30.